The van der Waals surface area contributed by atoms with Gasteiger partial charge in [-0.05, 0) is 60.3 Å². The number of nitriles is 1. The third-order valence-corrected chi connectivity index (χ3v) is 8.17. The van der Waals surface area contributed by atoms with Crippen LogP contribution < -0.4 is 10.6 Å². The monoisotopic (exact) mass is 610 g/mol. The highest BCUT2D eigenvalue weighted by Gasteiger charge is 2.34. The van der Waals surface area contributed by atoms with Crippen molar-refractivity contribution in [1.82, 2.24) is 25.1 Å². The summed E-state index contributed by atoms with van der Waals surface area (Å²) in [6.45, 7) is 4.64. The largest absolute Gasteiger partial charge is 0.416 e. The summed E-state index contributed by atoms with van der Waals surface area (Å²) in [5.74, 6) is -0.229. The lowest BCUT2D eigenvalue weighted by molar-refractivity contribution is -0.138. The van der Waals surface area contributed by atoms with Crippen LogP contribution in [0.15, 0.2) is 61.1 Å². The lowest BCUT2D eigenvalue weighted by Gasteiger charge is -2.34. The lowest BCUT2D eigenvalue weighted by atomic mass is 10.0. The van der Waals surface area contributed by atoms with Crippen LogP contribution in [0.3, 0.4) is 0 Å². The van der Waals surface area contributed by atoms with Crippen molar-refractivity contribution in [2.24, 2.45) is 5.92 Å². The molecule has 1 amide bonds. The van der Waals surface area contributed by atoms with Crippen molar-refractivity contribution < 1.29 is 18.0 Å². The number of carbonyl (C=O) groups excluding carboxylic acids is 1. The number of thiocarbonyl (C=S) groups is 1. The van der Waals surface area contributed by atoms with Crippen LogP contribution in [-0.4, -0.2) is 44.1 Å². The molecule has 7 nitrogen and oxygen atoms in total. The maximum Gasteiger partial charge on any atom is 0.416 e. The van der Waals surface area contributed by atoms with Crippen molar-refractivity contribution in [2.45, 2.75) is 77.3 Å². The summed E-state index contributed by atoms with van der Waals surface area (Å²) in [4.78, 5) is 19.3. The SMILES string of the molecule is CC(C)[C@@H](CN(Cc1ccccc1C(F)(F)F)C(=S)NC1CCCC1)NC(=O)Cc1cncn1Cc1ccc(C#N)cc1. The van der Waals surface area contributed by atoms with Crippen LogP contribution >= 0.6 is 12.2 Å². The molecule has 0 radical (unpaired) electrons. The Bertz CT molecular complexity index is 1420. The predicted octanol–water partition coefficient (Wildman–Crippen LogP) is 5.82. The van der Waals surface area contributed by atoms with E-state index in [1.807, 2.05) is 30.5 Å². The molecule has 1 aliphatic rings. The molecule has 0 saturated heterocycles. The Balaban J connectivity index is 1.48. The Labute approximate surface area is 256 Å². The Hall–Kier alpha value is -3.91. The maximum atomic E-state index is 13.8. The third-order valence-electron chi connectivity index (χ3n) is 7.80. The predicted molar refractivity (Wildman–Crippen MR) is 163 cm³/mol. The third kappa shape index (κ3) is 9.04. The number of carbonyl (C=O) groups is 1. The molecule has 3 aromatic rings. The quantitative estimate of drug-likeness (QED) is 0.266. The van der Waals surface area contributed by atoms with Gasteiger partial charge in [0.25, 0.3) is 0 Å². The average Bonchev–Trinajstić information content (AvgIpc) is 3.64. The van der Waals surface area contributed by atoms with E-state index < -0.39 is 11.7 Å². The summed E-state index contributed by atoms with van der Waals surface area (Å²) in [5.41, 5.74) is 1.70. The van der Waals surface area contributed by atoms with Crippen LogP contribution in [0.4, 0.5) is 13.2 Å². The number of hydrogen-bond acceptors (Lipinski definition) is 4. The van der Waals surface area contributed by atoms with Crippen molar-refractivity contribution in [3.63, 3.8) is 0 Å². The first-order valence-corrected chi connectivity index (χ1v) is 14.9. The highest BCUT2D eigenvalue weighted by Crippen LogP contribution is 2.32. The number of amides is 1. The molecular weight excluding hydrogens is 573 g/mol. The summed E-state index contributed by atoms with van der Waals surface area (Å²) in [7, 11) is 0. The fourth-order valence-electron chi connectivity index (χ4n) is 5.30. The summed E-state index contributed by atoms with van der Waals surface area (Å²) < 4.78 is 43.4. The van der Waals surface area contributed by atoms with Crippen molar-refractivity contribution in [3.8, 4) is 6.07 Å². The molecule has 0 spiro atoms. The molecule has 0 unspecified atom stereocenters. The van der Waals surface area contributed by atoms with E-state index in [0.717, 1.165) is 43.0 Å². The molecular formula is C32H37F3N6OS. The number of nitrogens with one attached hydrogen (secondary N) is 2. The number of halogens is 3. The van der Waals surface area contributed by atoms with Gasteiger partial charge in [-0.2, -0.15) is 18.4 Å². The average molecular weight is 611 g/mol. The fraction of sp³-hybridized carbons (Fsp3) is 0.438. The second-order valence-corrected chi connectivity index (χ2v) is 11.8. The number of hydrogen-bond donors (Lipinski definition) is 2. The van der Waals surface area contributed by atoms with Gasteiger partial charge < -0.3 is 20.1 Å². The van der Waals surface area contributed by atoms with Crippen molar-refractivity contribution in [2.75, 3.05) is 6.54 Å². The van der Waals surface area contributed by atoms with Crippen LogP contribution in [0.2, 0.25) is 0 Å². The van der Waals surface area contributed by atoms with E-state index in [2.05, 4.69) is 21.7 Å². The molecule has 0 aliphatic heterocycles. The molecule has 4 rings (SSSR count). The summed E-state index contributed by atoms with van der Waals surface area (Å²) in [6.07, 6.45) is 3.01. The summed E-state index contributed by atoms with van der Waals surface area (Å²) in [6, 6.07) is 14.7. The molecule has 43 heavy (non-hydrogen) atoms. The zero-order valence-electron chi connectivity index (χ0n) is 24.4. The molecule has 11 heteroatoms. The maximum absolute atomic E-state index is 13.8. The number of imidazole rings is 1. The van der Waals surface area contributed by atoms with Crippen LogP contribution in [0.1, 0.15) is 67.5 Å². The second-order valence-electron chi connectivity index (χ2n) is 11.4. The lowest BCUT2D eigenvalue weighted by Crippen LogP contribution is -2.52. The van der Waals surface area contributed by atoms with E-state index in [4.69, 9.17) is 17.5 Å². The van der Waals surface area contributed by atoms with Crippen molar-refractivity contribution >= 4 is 23.2 Å². The van der Waals surface area contributed by atoms with Crippen LogP contribution in [0.5, 0.6) is 0 Å². The first-order chi connectivity index (χ1) is 20.5. The number of alkyl halides is 3. The Kier molecular flexibility index (Phi) is 10.8. The Morgan fingerprint density at radius 1 is 1.16 bits per heavy atom. The molecule has 1 aromatic heterocycles. The van der Waals surface area contributed by atoms with Gasteiger partial charge >= 0.3 is 6.18 Å². The van der Waals surface area contributed by atoms with E-state index in [1.165, 1.54) is 12.1 Å². The standard InChI is InChI=1S/C32H37F3N6OS/c1-22(2)29(39-30(42)15-27-17-37-21-41(27)18-24-13-11-23(16-36)12-14-24)20-40(31(43)38-26-8-4-5-9-26)19-25-7-3-6-10-28(25)32(33,34)35/h3,6-7,10-14,17,21-22,26,29H,4-5,8-9,15,18-20H2,1-2H3,(H,38,43)(H,39,42)/t29-/m1/s1. The van der Waals surface area contributed by atoms with Gasteiger partial charge in [0.2, 0.25) is 5.91 Å². The van der Waals surface area contributed by atoms with Gasteiger partial charge in [-0.15, -0.1) is 0 Å². The fourth-order valence-corrected chi connectivity index (χ4v) is 5.60. The van der Waals surface area contributed by atoms with Crippen LogP contribution in [-0.2, 0) is 30.5 Å². The smallest absolute Gasteiger partial charge is 0.360 e. The van der Waals surface area contributed by atoms with E-state index >= 15 is 0 Å². The topological polar surface area (TPSA) is 86.0 Å². The van der Waals surface area contributed by atoms with Crippen LogP contribution in [0, 0.1) is 17.2 Å². The van der Waals surface area contributed by atoms with Gasteiger partial charge in [0.05, 0.1) is 29.9 Å². The van der Waals surface area contributed by atoms with Crippen molar-refractivity contribution in [3.05, 3.63) is 89.0 Å². The van der Waals surface area contributed by atoms with E-state index in [1.54, 1.807) is 35.6 Å². The zero-order chi connectivity index (χ0) is 31.0. The highest BCUT2D eigenvalue weighted by atomic mass is 32.1. The number of nitrogens with zero attached hydrogens (tertiary/aromatic N) is 4. The van der Waals surface area contributed by atoms with Crippen LogP contribution in [0.25, 0.3) is 0 Å². The minimum atomic E-state index is -4.49. The van der Waals surface area contributed by atoms with E-state index in [0.29, 0.717) is 17.2 Å². The highest BCUT2D eigenvalue weighted by molar-refractivity contribution is 7.80. The molecule has 2 aromatic carbocycles. The first-order valence-electron chi connectivity index (χ1n) is 14.5. The van der Waals surface area contributed by atoms with Gasteiger partial charge in [0.15, 0.2) is 5.11 Å². The normalized spacial score (nSPS) is 14.3. The molecule has 1 atom stereocenters. The number of aromatic nitrogens is 2. The summed E-state index contributed by atoms with van der Waals surface area (Å²) in [5, 5.41) is 15.9. The second kappa shape index (κ2) is 14.5. The Morgan fingerprint density at radius 2 is 1.86 bits per heavy atom. The van der Waals surface area contributed by atoms with Gasteiger partial charge in [-0.1, -0.05) is 57.0 Å². The molecule has 0 bridgehead atoms. The molecule has 2 N–H and O–H groups in total. The Morgan fingerprint density at radius 3 is 2.51 bits per heavy atom. The number of rotatable bonds is 11. The molecule has 228 valence electrons. The molecule has 1 aliphatic carbocycles. The van der Waals surface area contributed by atoms with Crippen molar-refractivity contribution in [1.29, 1.82) is 5.26 Å². The minimum Gasteiger partial charge on any atom is -0.360 e. The summed E-state index contributed by atoms with van der Waals surface area (Å²) >= 11 is 5.75. The number of benzene rings is 2. The van der Waals surface area contributed by atoms with E-state index in [9.17, 15) is 18.0 Å². The van der Waals surface area contributed by atoms with Gasteiger partial charge in [-0.3, -0.25) is 4.79 Å². The first kappa shape index (κ1) is 32.0. The molecule has 1 heterocycles. The molecule has 1 saturated carbocycles. The van der Waals surface area contributed by atoms with E-state index in [-0.39, 0.29) is 49.0 Å². The van der Waals surface area contributed by atoms with Gasteiger partial charge in [-0.25, -0.2) is 4.98 Å². The van der Waals surface area contributed by atoms with Gasteiger partial charge in [0, 0.05) is 43.6 Å². The zero-order valence-corrected chi connectivity index (χ0v) is 25.2. The molecule has 1 fully saturated rings. The van der Waals surface area contributed by atoms with Gasteiger partial charge in [0.1, 0.15) is 0 Å². The minimum absolute atomic E-state index is 0.0119.